The van der Waals surface area contributed by atoms with Crippen LogP contribution in [0, 0.1) is 0 Å². The van der Waals surface area contributed by atoms with Crippen LogP contribution in [-0.4, -0.2) is 24.7 Å². The maximum atomic E-state index is 5.85. The van der Waals surface area contributed by atoms with Gasteiger partial charge in [-0.25, -0.2) is 0 Å². The highest BCUT2D eigenvalue weighted by Crippen LogP contribution is 2.33. The molecule has 1 aromatic carbocycles. The zero-order valence-corrected chi connectivity index (χ0v) is 15.0. The average molecular weight is 335 g/mol. The van der Waals surface area contributed by atoms with Gasteiger partial charge in [-0.15, -0.1) is 12.4 Å². The minimum atomic E-state index is 0. The lowest BCUT2D eigenvalue weighted by molar-refractivity contribution is 0.336. The number of aryl methyl sites for hydroxylation is 1. The molecule has 0 spiro atoms. The first-order valence-corrected chi connectivity index (χ1v) is 8.63. The van der Waals surface area contributed by atoms with Crippen molar-refractivity contribution in [2.24, 2.45) is 0 Å². The standard InChI is InChI=1S/C19H26N2O.ClH/c1-3-5-8-15-13-16-17(14-19(15)22-4-2)20-10-9-18(16)21-11-6-7-12-21;/h9-10,13-14H,3-8,11-12H2,1-2H3;1H. The van der Waals surface area contributed by atoms with Gasteiger partial charge < -0.3 is 9.64 Å². The van der Waals surface area contributed by atoms with Gasteiger partial charge in [-0.2, -0.15) is 0 Å². The molecule has 3 rings (SSSR count). The van der Waals surface area contributed by atoms with E-state index in [-0.39, 0.29) is 12.4 Å². The number of hydrogen-bond acceptors (Lipinski definition) is 3. The molecular formula is C19H27ClN2O. The Morgan fingerprint density at radius 1 is 1.17 bits per heavy atom. The molecule has 0 saturated carbocycles. The molecule has 4 heteroatoms. The molecule has 2 aromatic rings. The van der Waals surface area contributed by atoms with Crippen LogP contribution in [0.2, 0.25) is 0 Å². The smallest absolute Gasteiger partial charge is 0.124 e. The van der Waals surface area contributed by atoms with Gasteiger partial charge in [0.05, 0.1) is 12.1 Å². The third kappa shape index (κ3) is 3.89. The number of ether oxygens (including phenoxy) is 1. The van der Waals surface area contributed by atoms with Crippen LogP contribution in [-0.2, 0) is 6.42 Å². The number of hydrogen-bond donors (Lipinski definition) is 0. The molecule has 0 N–H and O–H groups in total. The van der Waals surface area contributed by atoms with Crippen LogP contribution in [0.25, 0.3) is 10.9 Å². The molecule has 1 aliphatic heterocycles. The van der Waals surface area contributed by atoms with Crippen LogP contribution in [0.5, 0.6) is 5.75 Å². The maximum absolute atomic E-state index is 5.85. The fraction of sp³-hybridized carbons (Fsp3) is 0.526. The fourth-order valence-corrected chi connectivity index (χ4v) is 3.29. The van der Waals surface area contributed by atoms with E-state index in [1.165, 1.54) is 42.3 Å². The second-order valence-corrected chi connectivity index (χ2v) is 6.04. The molecule has 0 aliphatic carbocycles. The van der Waals surface area contributed by atoms with Gasteiger partial charge in [0.2, 0.25) is 0 Å². The molecule has 3 nitrogen and oxygen atoms in total. The summed E-state index contributed by atoms with van der Waals surface area (Å²) in [7, 11) is 0. The van der Waals surface area contributed by atoms with Gasteiger partial charge >= 0.3 is 0 Å². The minimum Gasteiger partial charge on any atom is -0.494 e. The van der Waals surface area contributed by atoms with E-state index in [4.69, 9.17) is 4.74 Å². The Labute approximate surface area is 145 Å². The Morgan fingerprint density at radius 3 is 2.65 bits per heavy atom. The van der Waals surface area contributed by atoms with Crippen LogP contribution in [0.15, 0.2) is 24.4 Å². The van der Waals surface area contributed by atoms with Crippen molar-refractivity contribution in [3.63, 3.8) is 0 Å². The number of rotatable bonds is 6. The van der Waals surface area contributed by atoms with Crippen LogP contribution < -0.4 is 9.64 Å². The molecule has 0 amide bonds. The van der Waals surface area contributed by atoms with Crippen molar-refractivity contribution in [3.05, 3.63) is 30.0 Å². The van der Waals surface area contributed by atoms with Crippen molar-refractivity contribution in [1.29, 1.82) is 0 Å². The highest BCUT2D eigenvalue weighted by atomic mass is 35.5. The van der Waals surface area contributed by atoms with Crippen LogP contribution >= 0.6 is 12.4 Å². The van der Waals surface area contributed by atoms with Gasteiger partial charge in [0.1, 0.15) is 5.75 Å². The number of aromatic nitrogens is 1. The zero-order chi connectivity index (χ0) is 15.4. The molecule has 23 heavy (non-hydrogen) atoms. The third-order valence-corrected chi connectivity index (χ3v) is 4.45. The summed E-state index contributed by atoms with van der Waals surface area (Å²) in [5.41, 5.74) is 3.71. The van der Waals surface area contributed by atoms with Gasteiger partial charge in [-0.3, -0.25) is 4.98 Å². The number of fused-ring (bicyclic) bond motifs is 1. The van der Waals surface area contributed by atoms with Crippen molar-refractivity contribution in [1.82, 2.24) is 4.98 Å². The second kappa shape index (κ2) is 8.39. The third-order valence-electron chi connectivity index (χ3n) is 4.45. The van der Waals surface area contributed by atoms with E-state index in [0.717, 1.165) is 30.8 Å². The van der Waals surface area contributed by atoms with Crippen molar-refractivity contribution >= 4 is 29.0 Å². The van der Waals surface area contributed by atoms with E-state index >= 15 is 0 Å². The molecule has 1 saturated heterocycles. The van der Waals surface area contributed by atoms with Crippen molar-refractivity contribution in [2.75, 3.05) is 24.6 Å². The Hall–Kier alpha value is -1.48. The summed E-state index contributed by atoms with van der Waals surface area (Å²) in [6.07, 6.45) is 8.00. The molecule has 0 atom stereocenters. The fourth-order valence-electron chi connectivity index (χ4n) is 3.29. The summed E-state index contributed by atoms with van der Waals surface area (Å²) in [4.78, 5) is 7.06. The molecule has 0 radical (unpaired) electrons. The molecule has 1 fully saturated rings. The lowest BCUT2D eigenvalue weighted by Crippen LogP contribution is -2.18. The number of unbranched alkanes of at least 4 members (excludes halogenated alkanes) is 1. The molecule has 1 aromatic heterocycles. The lowest BCUT2D eigenvalue weighted by atomic mass is 10.0. The van der Waals surface area contributed by atoms with E-state index in [9.17, 15) is 0 Å². The van der Waals surface area contributed by atoms with E-state index in [2.05, 4.69) is 35.0 Å². The van der Waals surface area contributed by atoms with Crippen LogP contribution in [0.4, 0.5) is 5.69 Å². The molecule has 0 unspecified atom stereocenters. The maximum Gasteiger partial charge on any atom is 0.124 e. The predicted octanol–water partition coefficient (Wildman–Crippen LogP) is 5.00. The van der Waals surface area contributed by atoms with Crippen molar-refractivity contribution in [2.45, 2.75) is 46.0 Å². The summed E-state index contributed by atoms with van der Waals surface area (Å²) in [5.74, 6) is 1.01. The largest absolute Gasteiger partial charge is 0.494 e. The summed E-state index contributed by atoms with van der Waals surface area (Å²) in [5, 5.41) is 1.28. The van der Waals surface area contributed by atoms with Crippen molar-refractivity contribution in [3.8, 4) is 5.75 Å². The van der Waals surface area contributed by atoms with Crippen molar-refractivity contribution < 1.29 is 4.74 Å². The number of benzene rings is 1. The number of pyridine rings is 1. The molecule has 126 valence electrons. The summed E-state index contributed by atoms with van der Waals surface area (Å²) < 4.78 is 5.85. The summed E-state index contributed by atoms with van der Waals surface area (Å²) >= 11 is 0. The predicted molar refractivity (Wildman–Crippen MR) is 100 cm³/mol. The SMILES string of the molecule is CCCCc1cc2c(N3CCCC3)ccnc2cc1OCC.Cl. The highest BCUT2D eigenvalue weighted by Gasteiger charge is 2.16. The highest BCUT2D eigenvalue weighted by molar-refractivity contribution is 5.93. The Bertz CT molecular complexity index is 639. The van der Waals surface area contributed by atoms with Gasteiger partial charge in [-0.05, 0) is 50.3 Å². The monoisotopic (exact) mass is 334 g/mol. The number of anilines is 1. The number of halogens is 1. The molecular weight excluding hydrogens is 308 g/mol. The molecule has 2 heterocycles. The van der Waals surface area contributed by atoms with E-state index in [1.54, 1.807) is 0 Å². The van der Waals surface area contributed by atoms with E-state index < -0.39 is 0 Å². The first-order chi connectivity index (χ1) is 10.8. The quantitative estimate of drug-likeness (QED) is 0.743. The zero-order valence-electron chi connectivity index (χ0n) is 14.2. The van der Waals surface area contributed by atoms with Gasteiger partial charge in [0, 0.05) is 36.4 Å². The van der Waals surface area contributed by atoms with Gasteiger partial charge in [0.25, 0.3) is 0 Å². The second-order valence-electron chi connectivity index (χ2n) is 6.04. The van der Waals surface area contributed by atoms with Gasteiger partial charge in [0.15, 0.2) is 0 Å². The average Bonchev–Trinajstić information content (AvgIpc) is 3.06. The van der Waals surface area contributed by atoms with E-state index in [0.29, 0.717) is 6.61 Å². The Morgan fingerprint density at radius 2 is 1.96 bits per heavy atom. The summed E-state index contributed by atoms with van der Waals surface area (Å²) in [6.45, 7) is 7.31. The van der Waals surface area contributed by atoms with Crippen LogP contribution in [0.3, 0.4) is 0 Å². The Balaban J connectivity index is 0.00000192. The number of nitrogens with zero attached hydrogens (tertiary/aromatic N) is 2. The van der Waals surface area contributed by atoms with E-state index in [1.807, 2.05) is 13.1 Å². The topological polar surface area (TPSA) is 25.4 Å². The molecule has 1 aliphatic rings. The minimum absolute atomic E-state index is 0. The molecule has 0 bridgehead atoms. The lowest BCUT2D eigenvalue weighted by Gasteiger charge is -2.20. The first-order valence-electron chi connectivity index (χ1n) is 8.63. The van der Waals surface area contributed by atoms with Crippen LogP contribution in [0.1, 0.15) is 45.1 Å². The Kier molecular flexibility index (Phi) is 6.52. The first kappa shape index (κ1) is 17.9. The van der Waals surface area contributed by atoms with Gasteiger partial charge in [-0.1, -0.05) is 13.3 Å². The summed E-state index contributed by atoms with van der Waals surface area (Å²) in [6, 6.07) is 6.61. The normalized spacial score (nSPS) is 14.1.